The second-order valence-corrected chi connectivity index (χ2v) is 9.40. The minimum Gasteiger partial charge on any atom is -0.484 e. The minimum atomic E-state index is -0.562. The average Bonchev–Trinajstić information content (AvgIpc) is 3.40. The first-order valence-corrected chi connectivity index (χ1v) is 12.1. The zero-order valence-electron chi connectivity index (χ0n) is 20.7. The third-order valence-electron chi connectivity index (χ3n) is 7.29. The Labute approximate surface area is 213 Å². The number of carbonyl (C=O) groups is 1. The van der Waals surface area contributed by atoms with Gasteiger partial charge < -0.3 is 14.6 Å². The molecule has 3 heterocycles. The number of benzene rings is 2. The monoisotopic (exact) mass is 497 g/mol. The first-order chi connectivity index (χ1) is 17.8. The number of nitriles is 1. The van der Waals surface area contributed by atoms with Gasteiger partial charge in [0.2, 0.25) is 0 Å². The van der Waals surface area contributed by atoms with E-state index in [1.807, 2.05) is 42.5 Å². The van der Waals surface area contributed by atoms with Crippen molar-refractivity contribution in [2.75, 3.05) is 19.7 Å². The smallest absolute Gasteiger partial charge is 0.331 e. The van der Waals surface area contributed by atoms with Crippen LogP contribution in [0.15, 0.2) is 70.3 Å². The van der Waals surface area contributed by atoms with Crippen molar-refractivity contribution in [2.45, 2.75) is 18.3 Å². The van der Waals surface area contributed by atoms with E-state index in [4.69, 9.17) is 4.74 Å². The number of piperidine rings is 1. The minimum absolute atomic E-state index is 0.0885. The summed E-state index contributed by atoms with van der Waals surface area (Å²) in [6.07, 6.45) is 1.18. The summed E-state index contributed by atoms with van der Waals surface area (Å²) in [4.78, 5) is 42.3. The third-order valence-corrected chi connectivity index (χ3v) is 7.29. The highest BCUT2D eigenvalue weighted by Crippen LogP contribution is 2.35. The van der Waals surface area contributed by atoms with Gasteiger partial charge in [0.15, 0.2) is 6.61 Å². The highest BCUT2D eigenvalue weighted by Gasteiger charge is 2.37. The predicted molar refractivity (Wildman–Crippen MR) is 139 cm³/mol. The molecule has 0 spiro atoms. The number of carbonyl (C=O) groups excluding carboxylic acids is 1. The van der Waals surface area contributed by atoms with Gasteiger partial charge in [-0.15, -0.1) is 0 Å². The molecule has 1 N–H and O–H groups in total. The van der Waals surface area contributed by atoms with Crippen LogP contribution in [0.25, 0.3) is 22.3 Å². The molecule has 5 rings (SSSR count). The second-order valence-electron chi connectivity index (χ2n) is 9.40. The van der Waals surface area contributed by atoms with Crippen molar-refractivity contribution in [1.29, 1.82) is 5.26 Å². The quantitative estimate of drug-likeness (QED) is 0.456. The van der Waals surface area contributed by atoms with Crippen molar-refractivity contribution in [1.82, 2.24) is 19.0 Å². The number of hydrogen-bond acceptors (Lipinski definition) is 5. The van der Waals surface area contributed by atoms with Gasteiger partial charge in [0.1, 0.15) is 11.3 Å². The van der Waals surface area contributed by atoms with E-state index >= 15 is 0 Å². The molecule has 4 aromatic rings. The molecule has 37 heavy (non-hydrogen) atoms. The Morgan fingerprint density at radius 1 is 1.03 bits per heavy atom. The summed E-state index contributed by atoms with van der Waals surface area (Å²) in [6.45, 7) is 0.923. The van der Waals surface area contributed by atoms with Crippen LogP contribution in [0.5, 0.6) is 5.75 Å². The van der Waals surface area contributed by atoms with Crippen LogP contribution in [-0.2, 0) is 24.3 Å². The summed E-state index contributed by atoms with van der Waals surface area (Å²) >= 11 is 0. The summed E-state index contributed by atoms with van der Waals surface area (Å²) in [7, 11) is 3.07. The van der Waals surface area contributed by atoms with Crippen molar-refractivity contribution < 1.29 is 9.53 Å². The lowest BCUT2D eigenvalue weighted by Crippen LogP contribution is -2.46. The van der Waals surface area contributed by atoms with E-state index in [1.54, 1.807) is 30.1 Å². The number of aromatic amines is 1. The number of aryl methyl sites for hydroxylation is 1. The van der Waals surface area contributed by atoms with Gasteiger partial charge >= 0.3 is 5.69 Å². The molecule has 0 atom stereocenters. The summed E-state index contributed by atoms with van der Waals surface area (Å²) in [6, 6.07) is 21.2. The molecule has 0 saturated carbocycles. The largest absolute Gasteiger partial charge is 0.484 e. The lowest BCUT2D eigenvalue weighted by Gasteiger charge is -2.37. The Kier molecular flexibility index (Phi) is 6.17. The molecule has 0 aliphatic carbocycles. The van der Waals surface area contributed by atoms with E-state index in [2.05, 4.69) is 11.1 Å². The van der Waals surface area contributed by atoms with Crippen molar-refractivity contribution in [2.24, 2.45) is 14.1 Å². The highest BCUT2D eigenvalue weighted by atomic mass is 16.5. The summed E-state index contributed by atoms with van der Waals surface area (Å²) < 4.78 is 8.24. The fraction of sp³-hybridized carbons (Fsp3) is 0.286. The normalized spacial score (nSPS) is 14.9. The van der Waals surface area contributed by atoms with Gasteiger partial charge in [0, 0.05) is 32.9 Å². The van der Waals surface area contributed by atoms with Gasteiger partial charge in [-0.2, -0.15) is 5.26 Å². The maximum absolute atomic E-state index is 12.8. The molecule has 1 amide bonds. The predicted octanol–water partition coefficient (Wildman–Crippen LogP) is 2.70. The number of nitrogens with one attached hydrogen (secondary N) is 1. The zero-order valence-corrected chi connectivity index (χ0v) is 20.7. The Morgan fingerprint density at radius 2 is 1.70 bits per heavy atom. The number of likely N-dealkylation sites (tertiary alicyclic amines) is 1. The lowest BCUT2D eigenvalue weighted by atomic mass is 9.74. The SMILES string of the molecule is Cn1c(=O)c2[nH]c(-c3ccc(OCC(=O)N4CCC(C#N)(c5ccccc5)CC4)cc3)cc2n(C)c1=O. The third kappa shape index (κ3) is 4.31. The number of nitrogens with zero attached hydrogens (tertiary/aromatic N) is 4. The first kappa shape index (κ1) is 24.1. The van der Waals surface area contributed by atoms with Crippen LogP contribution in [0.3, 0.4) is 0 Å². The van der Waals surface area contributed by atoms with Crippen LogP contribution in [0.4, 0.5) is 0 Å². The molecular formula is C28H27N5O4. The number of H-pyrrole nitrogens is 1. The number of hydrogen-bond donors (Lipinski definition) is 1. The fourth-order valence-corrected chi connectivity index (χ4v) is 4.94. The molecule has 9 heteroatoms. The van der Waals surface area contributed by atoms with E-state index in [0.29, 0.717) is 48.4 Å². The van der Waals surface area contributed by atoms with Gasteiger partial charge in [-0.3, -0.25) is 18.7 Å². The number of ether oxygens (including phenoxy) is 1. The van der Waals surface area contributed by atoms with Crippen molar-refractivity contribution >= 4 is 16.9 Å². The number of fused-ring (bicyclic) bond motifs is 1. The molecular weight excluding hydrogens is 470 g/mol. The van der Waals surface area contributed by atoms with Crippen LogP contribution < -0.4 is 16.0 Å². The molecule has 1 fully saturated rings. The molecule has 1 saturated heterocycles. The van der Waals surface area contributed by atoms with Gasteiger partial charge in [-0.1, -0.05) is 30.3 Å². The van der Waals surface area contributed by atoms with E-state index < -0.39 is 5.41 Å². The average molecular weight is 498 g/mol. The standard InChI is InChI=1S/C28H27N5O4/c1-31-23-16-22(30-25(23)26(35)32(2)27(31)36)19-8-10-21(11-9-19)37-17-24(34)33-14-12-28(18-29,13-15-33)20-6-4-3-5-7-20/h3-11,16,30H,12-15,17H2,1-2H3. The Balaban J connectivity index is 1.22. The van der Waals surface area contributed by atoms with Crippen molar-refractivity contribution in [3.63, 3.8) is 0 Å². The number of amides is 1. The van der Waals surface area contributed by atoms with Crippen LogP contribution in [0.2, 0.25) is 0 Å². The van der Waals surface area contributed by atoms with E-state index in [9.17, 15) is 19.6 Å². The molecule has 1 aliphatic rings. The zero-order chi connectivity index (χ0) is 26.2. The molecule has 9 nitrogen and oxygen atoms in total. The fourth-order valence-electron chi connectivity index (χ4n) is 4.94. The Bertz CT molecular complexity index is 1620. The van der Waals surface area contributed by atoms with E-state index in [-0.39, 0.29) is 23.8 Å². The maximum Gasteiger partial charge on any atom is 0.331 e. The van der Waals surface area contributed by atoms with Gasteiger partial charge in [0.05, 0.1) is 17.0 Å². The van der Waals surface area contributed by atoms with Crippen molar-refractivity contribution in [3.05, 3.63) is 87.1 Å². The van der Waals surface area contributed by atoms with Crippen molar-refractivity contribution in [3.8, 4) is 23.1 Å². The highest BCUT2D eigenvalue weighted by molar-refractivity contribution is 5.82. The molecule has 2 aromatic carbocycles. The topological polar surface area (TPSA) is 113 Å². The lowest BCUT2D eigenvalue weighted by molar-refractivity contribution is -0.134. The summed E-state index contributed by atoms with van der Waals surface area (Å²) in [5.41, 5.74) is 2.08. The number of rotatable bonds is 5. The van der Waals surface area contributed by atoms with Crippen LogP contribution in [0, 0.1) is 11.3 Å². The Morgan fingerprint density at radius 3 is 2.35 bits per heavy atom. The van der Waals surface area contributed by atoms with E-state index in [0.717, 1.165) is 15.7 Å². The molecule has 188 valence electrons. The molecule has 0 radical (unpaired) electrons. The van der Waals surface area contributed by atoms with Gasteiger partial charge in [0.25, 0.3) is 11.5 Å². The maximum atomic E-state index is 12.8. The summed E-state index contributed by atoms with van der Waals surface area (Å²) in [5, 5.41) is 9.86. The molecule has 1 aliphatic heterocycles. The van der Waals surface area contributed by atoms with Crippen LogP contribution in [-0.4, -0.2) is 44.6 Å². The molecule has 0 unspecified atom stereocenters. The number of aromatic nitrogens is 3. The summed E-state index contributed by atoms with van der Waals surface area (Å²) in [5.74, 6) is 0.431. The molecule has 0 bridgehead atoms. The van der Waals surface area contributed by atoms with Gasteiger partial charge in [-0.25, -0.2) is 4.79 Å². The molecule has 2 aromatic heterocycles. The Hall–Kier alpha value is -4.58. The van der Waals surface area contributed by atoms with Gasteiger partial charge in [-0.05, 0) is 54.3 Å². The van der Waals surface area contributed by atoms with Crippen LogP contribution >= 0.6 is 0 Å². The first-order valence-electron chi connectivity index (χ1n) is 12.1. The second kappa shape index (κ2) is 9.47. The van der Waals surface area contributed by atoms with E-state index in [1.165, 1.54) is 11.6 Å². The van der Waals surface area contributed by atoms with Crippen LogP contribution in [0.1, 0.15) is 18.4 Å².